The molecule has 0 unspecified atom stereocenters. The number of carbonyl (C=O) groups is 1. The Hall–Kier alpha value is -5.38. The zero-order valence-corrected chi connectivity index (χ0v) is 33.4. The zero-order valence-electron chi connectivity index (χ0n) is 32.5. The van der Waals surface area contributed by atoms with Gasteiger partial charge in [0.25, 0.3) is 0 Å². The van der Waals surface area contributed by atoms with Crippen LogP contribution in [0.3, 0.4) is 0 Å². The Morgan fingerprint density at radius 1 is 0.724 bits per heavy atom. The van der Waals surface area contributed by atoms with Crippen LogP contribution in [0.1, 0.15) is 59.1 Å². The van der Waals surface area contributed by atoms with E-state index >= 15 is 0 Å². The van der Waals surface area contributed by atoms with Crippen molar-refractivity contribution in [2.45, 2.75) is 68.4 Å². The molecule has 1 N–H and O–H groups in total. The Bertz CT molecular complexity index is 2660. The summed E-state index contributed by atoms with van der Waals surface area (Å²) in [7, 11) is -1.61. The van der Waals surface area contributed by atoms with Gasteiger partial charge in [0.15, 0.2) is 0 Å². The van der Waals surface area contributed by atoms with Gasteiger partial charge in [0, 0.05) is 24.4 Å². The van der Waals surface area contributed by atoms with Crippen LogP contribution < -0.4 is 9.46 Å². The molecule has 5 aliphatic rings. The van der Waals surface area contributed by atoms with Crippen LogP contribution in [0, 0.1) is 29.5 Å². The Morgan fingerprint density at radius 2 is 1.36 bits per heavy atom. The highest BCUT2D eigenvalue weighted by molar-refractivity contribution is 7.89. The van der Waals surface area contributed by atoms with Gasteiger partial charge in [-0.3, -0.25) is 9.48 Å². The molecule has 5 aromatic carbocycles. The number of sulfonamides is 1. The predicted octanol–water partition coefficient (Wildman–Crippen LogP) is 9.16. The lowest BCUT2D eigenvalue weighted by Crippen LogP contribution is -2.47. The van der Waals surface area contributed by atoms with Crippen molar-refractivity contribution < 1.29 is 22.3 Å². The number of nitrogens with zero attached hydrogens (tertiary/aromatic N) is 2. The first-order valence-electron chi connectivity index (χ1n) is 20.5. The highest BCUT2D eigenvalue weighted by Gasteiger charge is 2.59. The average Bonchev–Trinajstić information content (AvgIpc) is 3.89. The van der Waals surface area contributed by atoms with Crippen LogP contribution in [0.4, 0.5) is 4.39 Å². The molecule has 4 bridgehead atoms. The van der Waals surface area contributed by atoms with Crippen molar-refractivity contribution in [1.29, 1.82) is 0 Å². The Labute approximate surface area is 339 Å². The number of fused-ring (bicyclic) bond motifs is 5. The third kappa shape index (κ3) is 6.49. The highest BCUT2D eigenvalue weighted by atomic mass is 32.2. The van der Waals surface area contributed by atoms with Crippen LogP contribution in [-0.4, -0.2) is 24.0 Å². The number of hydrogen-bond donors (Lipinski definition) is 1. The monoisotopic (exact) mass is 791 g/mol. The number of halogens is 1. The number of benzene rings is 5. The maximum atomic E-state index is 13.4. The molecule has 1 aromatic heterocycles. The van der Waals surface area contributed by atoms with Crippen molar-refractivity contribution in [2.24, 2.45) is 30.7 Å². The van der Waals surface area contributed by atoms with Crippen molar-refractivity contribution >= 4 is 15.8 Å². The lowest BCUT2D eigenvalue weighted by molar-refractivity contribution is -0.123. The third-order valence-electron chi connectivity index (χ3n) is 13.6. The summed E-state index contributed by atoms with van der Waals surface area (Å²) in [5, 5.41) is 4.75. The number of hydrogen-bond acceptors (Lipinski definition) is 5. The maximum Gasteiger partial charge on any atom is 0.241 e. The molecular formula is C49H46FN3O4S. The molecule has 1 spiro atoms. The van der Waals surface area contributed by atoms with E-state index in [2.05, 4.69) is 47.2 Å². The fraction of sp³-hybridized carbons (Fsp3) is 0.306. The third-order valence-corrected chi connectivity index (χ3v) is 15.1. The minimum Gasteiger partial charge on any atom is -0.489 e. The van der Waals surface area contributed by atoms with Crippen LogP contribution in [0.5, 0.6) is 5.75 Å². The number of rotatable bonds is 5. The SMILES string of the molecule is Cn1nc(-c2ccc3c(c2)C[C@H]2CC[C@@H](C3)[C@@]23NS(=O)(=O)c2ccccc23)cc1-c1ccc(F)cc1.O=C1[C@@H]2CC[C@H]1Cc1ccc(OCc3ccccc3)cc1C2. The standard InChI is InChI=1S/C29H26FN3O2S.C20H20O2/c1-33-27(18-8-12-24(30)13-9-18)17-26(31-33)20-7-6-19-15-22-10-11-23(16-21(19)14-20)29(22)25-4-2-3-5-28(25)36(34,35)32-29;21-20-16-6-7-17(20)11-18-12-19(9-8-15(18)10-16)22-13-14-4-2-1-3-5-14/h2-9,12-14,17,22-23,32H,10-11,15-16H2,1H3;1-5,8-9,12,16-17H,6-7,10-11,13H2/t22-,23+,29+;16-,17+/m00/s1. The van der Waals surface area contributed by atoms with Crippen LogP contribution in [0.2, 0.25) is 0 Å². The molecule has 2 heterocycles. The number of nitrogens with one attached hydrogen (secondary N) is 1. The van der Waals surface area contributed by atoms with Crippen LogP contribution in [-0.2, 0) is 59.7 Å². The molecule has 1 aliphatic heterocycles. The molecule has 6 aromatic rings. The van der Waals surface area contributed by atoms with E-state index in [9.17, 15) is 17.6 Å². The molecular weight excluding hydrogens is 746 g/mol. The maximum absolute atomic E-state index is 13.4. The smallest absolute Gasteiger partial charge is 0.241 e. The summed E-state index contributed by atoms with van der Waals surface area (Å²) in [6, 6.07) is 39.1. The van der Waals surface area contributed by atoms with Crippen molar-refractivity contribution in [3.8, 4) is 28.3 Å². The number of Topliss-reactive ketones (excluding diaryl/α,β-unsaturated/α-hetero) is 1. The van der Waals surface area contributed by atoms with Gasteiger partial charge in [-0.05, 0) is 157 Å². The van der Waals surface area contributed by atoms with Gasteiger partial charge in [0.05, 0.1) is 21.8 Å². The summed E-state index contributed by atoms with van der Waals surface area (Å²) in [5.74, 6) is 2.09. The molecule has 7 nitrogen and oxygen atoms in total. The number of carbonyl (C=O) groups excluding carboxylic acids is 1. The van der Waals surface area contributed by atoms with Crippen molar-refractivity contribution in [3.05, 3.63) is 161 Å². The van der Waals surface area contributed by atoms with Gasteiger partial charge >= 0.3 is 0 Å². The quantitative estimate of drug-likeness (QED) is 0.188. The fourth-order valence-corrected chi connectivity index (χ4v) is 12.5. The predicted molar refractivity (Wildman–Crippen MR) is 222 cm³/mol. The number of aromatic nitrogens is 2. The highest BCUT2D eigenvalue weighted by Crippen LogP contribution is 2.57. The van der Waals surface area contributed by atoms with Crippen LogP contribution >= 0.6 is 0 Å². The van der Waals surface area contributed by atoms with Gasteiger partial charge < -0.3 is 4.74 Å². The first-order chi connectivity index (χ1) is 28.1. The fourth-order valence-electron chi connectivity index (χ4n) is 10.7. The van der Waals surface area contributed by atoms with E-state index < -0.39 is 15.6 Å². The summed E-state index contributed by atoms with van der Waals surface area (Å²) in [4.78, 5) is 12.7. The molecule has 4 aliphatic carbocycles. The average molecular weight is 792 g/mol. The second-order valence-electron chi connectivity index (χ2n) is 16.9. The van der Waals surface area contributed by atoms with E-state index in [1.54, 1.807) is 18.2 Å². The van der Waals surface area contributed by atoms with Crippen LogP contribution in [0.25, 0.3) is 22.5 Å². The van der Waals surface area contributed by atoms with Gasteiger partial charge in [-0.25, -0.2) is 12.8 Å². The summed E-state index contributed by atoms with van der Waals surface area (Å²) in [5.41, 5.74) is 10.6. The Morgan fingerprint density at radius 3 is 2.14 bits per heavy atom. The molecule has 9 heteroatoms. The summed E-state index contributed by atoms with van der Waals surface area (Å²) >= 11 is 0. The molecule has 2 saturated carbocycles. The first kappa shape index (κ1) is 36.9. The van der Waals surface area contributed by atoms with E-state index in [0.29, 0.717) is 17.3 Å². The minimum atomic E-state index is -3.51. The van der Waals surface area contributed by atoms with E-state index in [1.165, 1.54) is 39.9 Å². The van der Waals surface area contributed by atoms with Gasteiger partial charge in [-0.1, -0.05) is 66.7 Å². The topological polar surface area (TPSA) is 90.3 Å². The lowest BCUT2D eigenvalue weighted by Gasteiger charge is -2.35. The molecule has 2 fully saturated rings. The molecule has 58 heavy (non-hydrogen) atoms. The first-order valence-corrected chi connectivity index (χ1v) is 22.0. The van der Waals surface area contributed by atoms with Crippen molar-refractivity contribution in [1.82, 2.24) is 14.5 Å². The van der Waals surface area contributed by atoms with Crippen molar-refractivity contribution in [3.63, 3.8) is 0 Å². The number of aryl methyl sites for hydroxylation is 1. The van der Waals surface area contributed by atoms with Gasteiger partial charge in [-0.15, -0.1) is 0 Å². The molecule has 0 radical (unpaired) electrons. The molecule has 5 atom stereocenters. The van der Waals surface area contributed by atoms with Gasteiger partial charge in [-0.2, -0.15) is 9.82 Å². The molecule has 0 amide bonds. The van der Waals surface area contributed by atoms with E-state index in [4.69, 9.17) is 9.84 Å². The largest absolute Gasteiger partial charge is 0.489 e. The van der Waals surface area contributed by atoms with Gasteiger partial charge in [0.1, 0.15) is 24.0 Å². The summed E-state index contributed by atoms with van der Waals surface area (Å²) in [6.45, 7) is 0.588. The van der Waals surface area contributed by atoms with E-state index in [1.807, 2.05) is 60.3 Å². The lowest BCUT2D eigenvalue weighted by atomic mass is 9.74. The zero-order chi connectivity index (χ0) is 39.6. The second-order valence-corrected chi connectivity index (χ2v) is 18.5. The minimum absolute atomic E-state index is 0.205. The Balaban J connectivity index is 0.000000159. The molecule has 294 valence electrons. The molecule has 0 saturated heterocycles. The number of ether oxygens (including phenoxy) is 1. The number of ketones is 1. The van der Waals surface area contributed by atoms with Gasteiger partial charge in [0.2, 0.25) is 10.0 Å². The second kappa shape index (κ2) is 14.5. The molecule has 11 rings (SSSR count). The van der Waals surface area contributed by atoms with E-state index in [0.717, 1.165) is 85.2 Å². The van der Waals surface area contributed by atoms with Crippen molar-refractivity contribution in [2.75, 3.05) is 0 Å². The van der Waals surface area contributed by atoms with E-state index in [-0.39, 0.29) is 29.5 Å². The Kier molecular flexibility index (Phi) is 9.21. The van der Waals surface area contributed by atoms with Crippen LogP contribution in [0.15, 0.2) is 126 Å². The summed E-state index contributed by atoms with van der Waals surface area (Å²) in [6.07, 6.45) is 7.66. The summed E-state index contributed by atoms with van der Waals surface area (Å²) < 4.78 is 50.5. The normalized spacial score (nSPS) is 24.6.